The second kappa shape index (κ2) is 17.4. The molecule has 2 heterocycles. The van der Waals surface area contributed by atoms with Crippen molar-refractivity contribution in [1.29, 1.82) is 0 Å². The second-order valence-corrected chi connectivity index (χ2v) is 14.9. The van der Waals surface area contributed by atoms with E-state index in [1.165, 1.54) is 6.92 Å². The molecular formula is C34H65N3O10. The molecular weight excluding hydrogens is 610 g/mol. The molecule has 0 aromatic rings. The highest BCUT2D eigenvalue weighted by Crippen LogP contribution is 2.37. The van der Waals surface area contributed by atoms with Gasteiger partial charge in [0, 0.05) is 31.1 Å². The van der Waals surface area contributed by atoms with Crippen molar-refractivity contribution < 1.29 is 49.0 Å². The predicted molar refractivity (Wildman–Crippen MR) is 177 cm³/mol. The first-order valence-electron chi connectivity index (χ1n) is 17.3. The van der Waals surface area contributed by atoms with Gasteiger partial charge in [0.25, 0.3) is 0 Å². The number of nitrogens with zero attached hydrogens (tertiary/aromatic N) is 2. The highest BCUT2D eigenvalue weighted by Gasteiger charge is 2.51. The third-order valence-electron chi connectivity index (χ3n) is 10.2. The summed E-state index contributed by atoms with van der Waals surface area (Å²) in [5.74, 6) is -2.78. The first kappa shape index (κ1) is 41.6. The van der Waals surface area contributed by atoms with E-state index in [2.05, 4.69) is 5.32 Å². The van der Waals surface area contributed by atoms with Crippen LogP contribution in [0.15, 0.2) is 0 Å². The van der Waals surface area contributed by atoms with Crippen LogP contribution in [-0.2, 0) is 23.7 Å². The van der Waals surface area contributed by atoms with Gasteiger partial charge in [-0.25, -0.2) is 4.79 Å². The number of likely N-dealkylation sites (N-methyl/N-ethyl adjacent to an activating group) is 2. The lowest BCUT2D eigenvalue weighted by Crippen LogP contribution is -2.59. The summed E-state index contributed by atoms with van der Waals surface area (Å²) in [4.78, 5) is 30.6. The Bertz CT molecular complexity index is 997. The van der Waals surface area contributed by atoms with Gasteiger partial charge < -0.3 is 54.5 Å². The highest BCUT2D eigenvalue weighted by atomic mass is 16.7. The van der Waals surface area contributed by atoms with Crippen molar-refractivity contribution in [2.24, 2.45) is 17.8 Å². The number of rotatable bonds is 7. The third kappa shape index (κ3) is 10.5. The van der Waals surface area contributed by atoms with Crippen LogP contribution in [0.1, 0.15) is 88.0 Å². The van der Waals surface area contributed by atoms with Gasteiger partial charge >= 0.3 is 12.1 Å². The molecule has 2 aliphatic heterocycles. The van der Waals surface area contributed by atoms with Gasteiger partial charge in [0.2, 0.25) is 0 Å². The molecule has 0 saturated carbocycles. The van der Waals surface area contributed by atoms with Crippen molar-refractivity contribution in [3.8, 4) is 0 Å². The molecule has 0 radical (unpaired) electrons. The van der Waals surface area contributed by atoms with E-state index in [1.54, 1.807) is 34.6 Å². The standard InChI is InChI=1S/C34H65N3O10/c1-13-15-35-32(41)46-27-21(5)29(47-31-26(38)24(36(10)11)16-20(4)44-31)33(8,42)17-19(3)18-37(12)23(7)28(39)34(9,43)25(14-2)45-30(40)22(27)6/h19-29,31,38-39,42-43H,13-18H2,1-12H3,(H,35,41)/t19-,20-,21+,22-,23-,24+,25-,26-,27+,28-,29-,31+,33-,34-/m1/s1. The molecule has 2 fully saturated rings. The number of ether oxygens (including phenoxy) is 4. The Balaban J connectivity index is 2.69. The van der Waals surface area contributed by atoms with Crippen LogP contribution in [0.5, 0.6) is 0 Å². The first-order valence-corrected chi connectivity index (χ1v) is 17.3. The first-order chi connectivity index (χ1) is 21.7. The Morgan fingerprint density at radius 2 is 1.72 bits per heavy atom. The maximum Gasteiger partial charge on any atom is 0.407 e. The van der Waals surface area contributed by atoms with Crippen LogP contribution < -0.4 is 5.32 Å². The zero-order chi connectivity index (χ0) is 36.0. The average Bonchev–Trinajstić information content (AvgIpc) is 2.98. The quantitative estimate of drug-likeness (QED) is 0.250. The van der Waals surface area contributed by atoms with Crippen LogP contribution in [0, 0.1) is 17.8 Å². The summed E-state index contributed by atoms with van der Waals surface area (Å²) >= 11 is 0. The van der Waals surface area contributed by atoms with Crippen LogP contribution in [0.25, 0.3) is 0 Å². The third-order valence-corrected chi connectivity index (χ3v) is 10.2. The minimum Gasteiger partial charge on any atom is -0.459 e. The fourth-order valence-electron chi connectivity index (χ4n) is 7.33. The van der Waals surface area contributed by atoms with E-state index in [9.17, 15) is 30.0 Å². The monoisotopic (exact) mass is 675 g/mol. The van der Waals surface area contributed by atoms with Crippen molar-refractivity contribution in [3.05, 3.63) is 0 Å². The molecule has 47 heavy (non-hydrogen) atoms. The smallest absolute Gasteiger partial charge is 0.407 e. The van der Waals surface area contributed by atoms with Crippen molar-refractivity contribution in [2.75, 3.05) is 34.2 Å². The van der Waals surface area contributed by atoms with Crippen molar-refractivity contribution in [3.63, 3.8) is 0 Å². The molecule has 0 bridgehead atoms. The zero-order valence-corrected chi connectivity index (χ0v) is 30.8. The largest absolute Gasteiger partial charge is 0.459 e. The summed E-state index contributed by atoms with van der Waals surface area (Å²) in [6.45, 7) is 16.5. The second-order valence-electron chi connectivity index (χ2n) is 14.9. The number of cyclic esters (lactones) is 1. The van der Waals surface area contributed by atoms with E-state index in [1.807, 2.05) is 51.7 Å². The van der Waals surface area contributed by atoms with Gasteiger partial charge in [0.15, 0.2) is 6.29 Å². The number of hydrogen-bond acceptors (Lipinski definition) is 12. The van der Waals surface area contributed by atoms with Crippen LogP contribution in [-0.4, -0.2) is 143 Å². The Morgan fingerprint density at radius 1 is 1.11 bits per heavy atom. The van der Waals surface area contributed by atoms with Gasteiger partial charge in [-0.15, -0.1) is 0 Å². The fourth-order valence-corrected chi connectivity index (χ4v) is 7.33. The molecule has 276 valence electrons. The number of hydrogen-bond donors (Lipinski definition) is 5. The SMILES string of the molecule is CCCNC(=O)O[C@H]1[C@H](C)[C@@H](O[C@@H]2O[C@H](C)C[C@H](N(C)C)[C@H]2O)[C@](C)(O)C[C@@H](C)CN(C)[C@H](C)[C@@H](O)[C@](C)(O)[C@@H](CC)OC(=O)[C@@H]1C. The molecule has 2 aliphatic rings. The summed E-state index contributed by atoms with van der Waals surface area (Å²) in [7, 11) is 5.57. The van der Waals surface area contributed by atoms with Crippen molar-refractivity contribution >= 4 is 12.1 Å². The molecule has 13 nitrogen and oxygen atoms in total. The topological polar surface area (TPSA) is 170 Å². The number of aliphatic hydroxyl groups excluding tert-OH is 2. The van der Waals surface area contributed by atoms with Gasteiger partial charge in [-0.05, 0) is 87.4 Å². The Labute approximate surface area is 282 Å². The minimum atomic E-state index is -1.80. The Morgan fingerprint density at radius 3 is 2.28 bits per heavy atom. The number of amides is 1. The summed E-state index contributed by atoms with van der Waals surface area (Å²) in [5.41, 5.74) is -3.37. The van der Waals surface area contributed by atoms with E-state index in [-0.39, 0.29) is 30.9 Å². The van der Waals surface area contributed by atoms with Crippen LogP contribution in [0.4, 0.5) is 4.79 Å². The van der Waals surface area contributed by atoms with E-state index < -0.39 is 78.0 Å². The van der Waals surface area contributed by atoms with E-state index in [0.717, 1.165) is 0 Å². The molecule has 1 amide bonds. The number of carbonyl (C=O) groups is 2. The molecule has 0 aromatic heterocycles. The van der Waals surface area contributed by atoms with Crippen LogP contribution in [0.2, 0.25) is 0 Å². The molecule has 0 unspecified atom stereocenters. The molecule has 14 atom stereocenters. The lowest BCUT2D eigenvalue weighted by atomic mass is 9.77. The Hall–Kier alpha value is -1.58. The normalized spacial score (nSPS) is 43.5. The number of alkyl carbamates (subject to hydrolysis) is 1. The number of esters is 1. The zero-order valence-electron chi connectivity index (χ0n) is 30.8. The predicted octanol–water partition coefficient (Wildman–Crippen LogP) is 2.12. The molecule has 2 saturated heterocycles. The lowest BCUT2D eigenvalue weighted by Gasteiger charge is -2.47. The van der Waals surface area contributed by atoms with E-state index in [0.29, 0.717) is 25.9 Å². The van der Waals surface area contributed by atoms with Gasteiger partial charge in [-0.3, -0.25) is 4.79 Å². The highest BCUT2D eigenvalue weighted by molar-refractivity contribution is 5.74. The lowest BCUT2D eigenvalue weighted by molar-refractivity contribution is -0.299. The summed E-state index contributed by atoms with van der Waals surface area (Å²) in [5, 5.41) is 49.2. The molecule has 13 heteroatoms. The van der Waals surface area contributed by atoms with Crippen LogP contribution in [0.3, 0.4) is 0 Å². The van der Waals surface area contributed by atoms with Gasteiger partial charge in [-0.2, -0.15) is 0 Å². The van der Waals surface area contributed by atoms with E-state index in [4.69, 9.17) is 18.9 Å². The van der Waals surface area contributed by atoms with Crippen molar-refractivity contribution in [1.82, 2.24) is 15.1 Å². The number of carbonyl (C=O) groups excluding carboxylic acids is 2. The fraction of sp³-hybridized carbons (Fsp3) is 0.941. The average molecular weight is 676 g/mol. The molecule has 0 spiro atoms. The molecule has 5 N–H and O–H groups in total. The maximum atomic E-state index is 13.8. The summed E-state index contributed by atoms with van der Waals surface area (Å²) < 4.78 is 24.5. The molecule has 0 aliphatic carbocycles. The van der Waals surface area contributed by atoms with Gasteiger partial charge in [0.05, 0.1) is 23.7 Å². The van der Waals surface area contributed by atoms with Gasteiger partial charge in [0.1, 0.15) is 30.0 Å². The van der Waals surface area contributed by atoms with Crippen molar-refractivity contribution in [2.45, 2.75) is 154 Å². The van der Waals surface area contributed by atoms with E-state index >= 15 is 0 Å². The maximum absolute atomic E-state index is 13.8. The van der Waals surface area contributed by atoms with Crippen LogP contribution >= 0.6 is 0 Å². The number of nitrogens with one attached hydrogen (secondary N) is 1. The summed E-state index contributed by atoms with van der Waals surface area (Å²) in [6.07, 6.45) is -6.08. The van der Waals surface area contributed by atoms with Gasteiger partial charge in [-0.1, -0.05) is 27.7 Å². The Kier molecular flexibility index (Phi) is 15.4. The number of aliphatic hydroxyl groups is 4. The summed E-state index contributed by atoms with van der Waals surface area (Å²) in [6, 6.07) is -0.807. The molecule has 2 rings (SSSR count). The molecule has 0 aromatic carbocycles. The minimum absolute atomic E-state index is 0.145.